The van der Waals surface area contributed by atoms with E-state index in [4.69, 9.17) is 15.2 Å². The second-order valence-corrected chi connectivity index (χ2v) is 6.56. The first-order chi connectivity index (χ1) is 13.6. The van der Waals surface area contributed by atoms with Gasteiger partial charge in [-0.1, -0.05) is 30.3 Å². The molecule has 1 aliphatic rings. The zero-order valence-electron chi connectivity index (χ0n) is 14.9. The van der Waals surface area contributed by atoms with Crippen molar-refractivity contribution in [2.45, 2.75) is 37.8 Å². The Morgan fingerprint density at radius 1 is 1.11 bits per heavy atom. The van der Waals surface area contributed by atoms with Gasteiger partial charge in [-0.15, -0.1) is 0 Å². The molecule has 0 radical (unpaired) electrons. The van der Waals surface area contributed by atoms with Crippen LogP contribution in [0.1, 0.15) is 17.5 Å². The highest BCUT2D eigenvalue weighted by atomic mass is 16.6. The summed E-state index contributed by atoms with van der Waals surface area (Å²) in [7, 11) is 0. The fourth-order valence-electron chi connectivity index (χ4n) is 3.27. The molecule has 0 amide bonds. The predicted molar refractivity (Wildman–Crippen MR) is 97.7 cm³/mol. The third kappa shape index (κ3) is 3.32. The van der Waals surface area contributed by atoms with E-state index in [-0.39, 0.29) is 12.4 Å². The van der Waals surface area contributed by atoms with Gasteiger partial charge in [0, 0.05) is 0 Å². The smallest absolute Gasteiger partial charge is 0.181 e. The third-order valence-electron chi connectivity index (χ3n) is 4.70. The van der Waals surface area contributed by atoms with Gasteiger partial charge in [-0.25, -0.2) is 14.6 Å². The molecule has 3 heterocycles. The van der Waals surface area contributed by atoms with Crippen molar-refractivity contribution in [2.75, 3.05) is 12.3 Å². The Labute approximate surface area is 160 Å². The number of nitrogen functional groups attached to an aromatic ring is 1. The molecular weight excluding hydrogens is 366 g/mol. The molecule has 0 saturated carbocycles. The highest BCUT2D eigenvalue weighted by Crippen LogP contribution is 2.33. The van der Waals surface area contributed by atoms with Crippen molar-refractivity contribution in [3.05, 3.63) is 47.9 Å². The molecule has 0 aliphatic carbocycles. The van der Waals surface area contributed by atoms with Gasteiger partial charge in [0.1, 0.15) is 36.2 Å². The summed E-state index contributed by atoms with van der Waals surface area (Å²) >= 11 is 0. The second-order valence-electron chi connectivity index (χ2n) is 6.56. The van der Waals surface area contributed by atoms with Crippen molar-refractivity contribution in [2.24, 2.45) is 0 Å². The Bertz CT molecular complexity index is 950. The van der Waals surface area contributed by atoms with Crippen molar-refractivity contribution < 1.29 is 24.8 Å². The molecule has 10 heteroatoms. The van der Waals surface area contributed by atoms with E-state index in [9.17, 15) is 15.3 Å². The molecule has 4 rings (SSSR count). The lowest BCUT2D eigenvalue weighted by Crippen LogP contribution is -2.33. The van der Waals surface area contributed by atoms with E-state index in [2.05, 4.69) is 15.1 Å². The molecule has 10 nitrogen and oxygen atoms in total. The van der Waals surface area contributed by atoms with Crippen LogP contribution in [-0.2, 0) is 22.7 Å². The molecule has 2 aromatic heterocycles. The van der Waals surface area contributed by atoms with Crippen LogP contribution in [0, 0.1) is 0 Å². The molecule has 0 spiro atoms. The van der Waals surface area contributed by atoms with Gasteiger partial charge in [0.2, 0.25) is 0 Å². The molecule has 3 aromatic rings. The maximum Gasteiger partial charge on any atom is 0.181 e. The maximum absolute atomic E-state index is 10.3. The molecule has 5 N–H and O–H groups in total. The Morgan fingerprint density at radius 3 is 2.61 bits per heavy atom. The van der Waals surface area contributed by atoms with E-state index in [0.29, 0.717) is 23.3 Å². The second kappa shape index (κ2) is 7.78. The minimum absolute atomic E-state index is 0.144. The van der Waals surface area contributed by atoms with E-state index in [0.717, 1.165) is 5.56 Å². The summed E-state index contributed by atoms with van der Waals surface area (Å²) in [6, 6.07) is 9.69. The zero-order valence-corrected chi connectivity index (χ0v) is 14.9. The topological polar surface area (TPSA) is 149 Å². The Morgan fingerprint density at radius 2 is 1.89 bits per heavy atom. The molecular formula is C18H21N5O5. The first kappa shape index (κ1) is 18.7. The van der Waals surface area contributed by atoms with Gasteiger partial charge >= 0.3 is 0 Å². The minimum atomic E-state index is -1.28. The van der Waals surface area contributed by atoms with Crippen molar-refractivity contribution in [3.63, 3.8) is 0 Å². The number of nitrogens with two attached hydrogens (primary N) is 1. The number of hydrogen-bond acceptors (Lipinski definition) is 9. The van der Waals surface area contributed by atoms with Gasteiger partial charge in [-0.3, -0.25) is 0 Å². The SMILES string of the molecule is Nc1ncnc2c1c(COCc1ccccc1)nn2[C@@H]1O[C@H](CO)[C@@H](O)[C@H]1O. The lowest BCUT2D eigenvalue weighted by molar-refractivity contribution is -0.0570. The van der Waals surface area contributed by atoms with Gasteiger partial charge in [-0.05, 0) is 5.56 Å². The first-order valence-electron chi connectivity index (χ1n) is 8.82. The van der Waals surface area contributed by atoms with Crippen LogP contribution in [-0.4, -0.2) is 60.0 Å². The molecule has 1 aliphatic heterocycles. The molecule has 4 atom stereocenters. The van der Waals surface area contributed by atoms with Crippen LogP contribution in [0.3, 0.4) is 0 Å². The molecule has 0 unspecified atom stereocenters. The molecule has 28 heavy (non-hydrogen) atoms. The monoisotopic (exact) mass is 387 g/mol. The number of aromatic nitrogens is 4. The number of hydrogen-bond donors (Lipinski definition) is 4. The van der Waals surface area contributed by atoms with Crippen molar-refractivity contribution in [1.29, 1.82) is 0 Å². The van der Waals surface area contributed by atoms with E-state index in [1.165, 1.54) is 11.0 Å². The van der Waals surface area contributed by atoms with Crippen molar-refractivity contribution in [3.8, 4) is 0 Å². The van der Waals surface area contributed by atoms with E-state index in [1.54, 1.807) is 0 Å². The average Bonchev–Trinajstić information content (AvgIpc) is 3.21. The number of fused-ring (bicyclic) bond motifs is 1. The van der Waals surface area contributed by atoms with Crippen LogP contribution in [0.2, 0.25) is 0 Å². The maximum atomic E-state index is 10.3. The highest BCUT2D eigenvalue weighted by Gasteiger charge is 2.44. The summed E-state index contributed by atoms with van der Waals surface area (Å²) < 4.78 is 12.7. The Balaban J connectivity index is 1.63. The first-order valence-corrected chi connectivity index (χ1v) is 8.82. The van der Waals surface area contributed by atoms with E-state index < -0.39 is 31.1 Å². The number of aliphatic hydroxyl groups is 3. The zero-order chi connectivity index (χ0) is 19.7. The number of benzene rings is 1. The van der Waals surface area contributed by atoms with Crippen LogP contribution in [0.15, 0.2) is 36.7 Å². The van der Waals surface area contributed by atoms with Crippen LogP contribution in [0.4, 0.5) is 5.82 Å². The highest BCUT2D eigenvalue weighted by molar-refractivity contribution is 5.88. The third-order valence-corrected chi connectivity index (χ3v) is 4.70. The summed E-state index contributed by atoms with van der Waals surface area (Å²) in [5.41, 5.74) is 7.86. The van der Waals surface area contributed by atoms with Crippen LogP contribution < -0.4 is 5.73 Å². The van der Waals surface area contributed by atoms with Crippen molar-refractivity contribution in [1.82, 2.24) is 19.7 Å². The van der Waals surface area contributed by atoms with Crippen molar-refractivity contribution >= 4 is 16.9 Å². The van der Waals surface area contributed by atoms with Crippen LogP contribution in [0.5, 0.6) is 0 Å². The number of anilines is 1. The lowest BCUT2D eigenvalue weighted by atomic mass is 10.1. The van der Waals surface area contributed by atoms with Crippen LogP contribution >= 0.6 is 0 Å². The number of aliphatic hydroxyl groups excluding tert-OH is 3. The van der Waals surface area contributed by atoms with Gasteiger partial charge in [0.05, 0.1) is 25.2 Å². The predicted octanol–water partition coefficient (Wildman–Crippen LogP) is -0.263. The van der Waals surface area contributed by atoms with Gasteiger partial charge in [-0.2, -0.15) is 5.10 Å². The molecule has 0 bridgehead atoms. The lowest BCUT2D eigenvalue weighted by Gasteiger charge is -2.15. The fourth-order valence-corrected chi connectivity index (χ4v) is 3.27. The summed E-state index contributed by atoms with van der Waals surface area (Å²) in [5, 5.41) is 34.6. The minimum Gasteiger partial charge on any atom is -0.394 e. The largest absolute Gasteiger partial charge is 0.394 e. The molecule has 1 aromatic carbocycles. The summed E-state index contributed by atoms with van der Waals surface area (Å²) in [4.78, 5) is 8.21. The van der Waals surface area contributed by atoms with E-state index in [1.807, 2.05) is 30.3 Å². The standard InChI is InChI=1S/C18H21N5O5/c19-16-13-11(8-27-7-10-4-2-1-3-5-10)22-23(17(13)21-9-20-16)18-15(26)14(25)12(6-24)28-18/h1-5,9,12,14-15,18,24-26H,6-8H2,(H2,19,20,21)/t12-,14-,15-,18-/m1/s1. The molecule has 148 valence electrons. The van der Waals surface area contributed by atoms with E-state index >= 15 is 0 Å². The summed E-state index contributed by atoms with van der Waals surface area (Å²) in [5.74, 6) is 0.223. The van der Waals surface area contributed by atoms with Gasteiger partial charge < -0.3 is 30.5 Å². The van der Waals surface area contributed by atoms with Gasteiger partial charge in [0.15, 0.2) is 11.9 Å². The number of nitrogens with zero attached hydrogens (tertiary/aromatic N) is 4. The number of rotatable bonds is 6. The fraction of sp³-hybridized carbons (Fsp3) is 0.389. The normalized spacial score (nSPS) is 24.8. The number of ether oxygens (including phenoxy) is 2. The average molecular weight is 387 g/mol. The Hall–Kier alpha value is -2.63. The quantitative estimate of drug-likeness (QED) is 0.448. The van der Waals surface area contributed by atoms with Gasteiger partial charge in [0.25, 0.3) is 0 Å². The Kier molecular flexibility index (Phi) is 5.20. The molecule has 1 saturated heterocycles. The van der Waals surface area contributed by atoms with Crippen LogP contribution in [0.25, 0.3) is 11.0 Å². The summed E-state index contributed by atoms with van der Waals surface area (Å²) in [6.07, 6.45) is -3.19. The molecule has 1 fully saturated rings. The summed E-state index contributed by atoms with van der Waals surface area (Å²) in [6.45, 7) is 0.0967.